The van der Waals surface area contributed by atoms with Crippen molar-refractivity contribution in [3.05, 3.63) is 65.2 Å². The van der Waals surface area contributed by atoms with Crippen molar-refractivity contribution >= 4 is 5.69 Å². The Morgan fingerprint density at radius 1 is 1.00 bits per heavy atom. The molecule has 1 atom stereocenters. The van der Waals surface area contributed by atoms with Crippen molar-refractivity contribution in [2.45, 2.75) is 56.9 Å². The number of benzene rings is 2. The lowest BCUT2D eigenvalue weighted by atomic mass is 10.0. The third kappa shape index (κ3) is 4.46. The molecule has 2 fully saturated rings. The standard InChI is InChI=1S/C24H26F3N3/c25-24(26,27)23-8-4-1-5-19(23)16-30(21-11-9-18(15-28)10-12-21)22-13-14-29(17-22)20-6-2-3-7-20/h1,4-5,8-12,20,22H,2-3,6-7,13-14,16-17H2. The van der Waals surface area contributed by atoms with Crippen LogP contribution in [0.25, 0.3) is 0 Å². The summed E-state index contributed by atoms with van der Waals surface area (Å²) in [6, 6.07) is 15.9. The normalized spacial score (nSPS) is 20.4. The van der Waals surface area contributed by atoms with Crippen molar-refractivity contribution in [3.8, 4) is 6.07 Å². The molecular weight excluding hydrogens is 387 g/mol. The van der Waals surface area contributed by atoms with Gasteiger partial charge in [0.1, 0.15) is 0 Å². The van der Waals surface area contributed by atoms with E-state index in [0.29, 0.717) is 11.6 Å². The van der Waals surface area contributed by atoms with E-state index in [4.69, 9.17) is 5.26 Å². The Hall–Kier alpha value is -2.52. The van der Waals surface area contributed by atoms with Gasteiger partial charge >= 0.3 is 6.18 Å². The molecule has 0 N–H and O–H groups in total. The second kappa shape index (κ2) is 8.69. The fourth-order valence-electron chi connectivity index (χ4n) is 4.90. The minimum Gasteiger partial charge on any atom is -0.363 e. The largest absolute Gasteiger partial charge is 0.416 e. The van der Waals surface area contributed by atoms with E-state index in [1.54, 1.807) is 24.3 Å². The number of likely N-dealkylation sites (tertiary alicyclic amines) is 1. The van der Waals surface area contributed by atoms with Crippen LogP contribution in [-0.4, -0.2) is 30.1 Å². The lowest BCUT2D eigenvalue weighted by Crippen LogP contribution is -2.39. The van der Waals surface area contributed by atoms with Crippen LogP contribution in [0.2, 0.25) is 0 Å². The first-order valence-electron chi connectivity index (χ1n) is 10.6. The summed E-state index contributed by atoms with van der Waals surface area (Å²) in [4.78, 5) is 4.62. The number of anilines is 1. The molecule has 0 radical (unpaired) electrons. The minimum absolute atomic E-state index is 0.153. The molecule has 6 heteroatoms. The summed E-state index contributed by atoms with van der Waals surface area (Å²) in [5.74, 6) is 0. The van der Waals surface area contributed by atoms with Gasteiger partial charge in [0.25, 0.3) is 0 Å². The van der Waals surface area contributed by atoms with Crippen molar-refractivity contribution in [2.75, 3.05) is 18.0 Å². The second-order valence-corrected chi connectivity index (χ2v) is 8.32. The van der Waals surface area contributed by atoms with Gasteiger partial charge in [-0.25, -0.2) is 0 Å². The van der Waals surface area contributed by atoms with Gasteiger partial charge in [0.2, 0.25) is 0 Å². The van der Waals surface area contributed by atoms with Crippen LogP contribution in [-0.2, 0) is 12.7 Å². The first-order chi connectivity index (χ1) is 14.5. The summed E-state index contributed by atoms with van der Waals surface area (Å²) in [6.45, 7) is 2.06. The molecule has 4 rings (SSSR count). The van der Waals surface area contributed by atoms with Crippen LogP contribution in [0.4, 0.5) is 18.9 Å². The molecule has 0 spiro atoms. The quantitative estimate of drug-likeness (QED) is 0.639. The van der Waals surface area contributed by atoms with Crippen LogP contribution in [0.15, 0.2) is 48.5 Å². The maximum absolute atomic E-state index is 13.6. The smallest absolute Gasteiger partial charge is 0.363 e. The van der Waals surface area contributed by atoms with Crippen molar-refractivity contribution in [2.24, 2.45) is 0 Å². The Labute approximate surface area is 175 Å². The average molecular weight is 413 g/mol. The number of hydrogen-bond acceptors (Lipinski definition) is 3. The third-order valence-corrected chi connectivity index (χ3v) is 6.47. The Morgan fingerprint density at radius 2 is 1.70 bits per heavy atom. The van der Waals surface area contributed by atoms with Gasteiger partial charge in [-0.3, -0.25) is 4.90 Å². The zero-order valence-electron chi connectivity index (χ0n) is 16.9. The molecule has 3 nitrogen and oxygen atoms in total. The molecule has 1 aliphatic heterocycles. The molecule has 0 amide bonds. The first kappa shape index (κ1) is 20.7. The van der Waals surface area contributed by atoms with Crippen molar-refractivity contribution in [3.63, 3.8) is 0 Å². The number of halogens is 3. The van der Waals surface area contributed by atoms with E-state index < -0.39 is 11.7 Å². The van der Waals surface area contributed by atoms with Crippen molar-refractivity contribution in [1.29, 1.82) is 5.26 Å². The predicted octanol–water partition coefficient (Wildman–Crippen LogP) is 5.60. The second-order valence-electron chi connectivity index (χ2n) is 8.32. The summed E-state index contributed by atoms with van der Waals surface area (Å²) >= 11 is 0. The van der Waals surface area contributed by atoms with Gasteiger partial charge in [-0.05, 0) is 55.2 Å². The lowest BCUT2D eigenvalue weighted by Gasteiger charge is -2.33. The van der Waals surface area contributed by atoms with E-state index in [1.165, 1.54) is 31.7 Å². The fraction of sp³-hybridized carbons (Fsp3) is 0.458. The van der Waals surface area contributed by atoms with Gasteiger partial charge in [0.15, 0.2) is 0 Å². The summed E-state index contributed by atoms with van der Waals surface area (Å²) in [7, 11) is 0. The SMILES string of the molecule is N#Cc1ccc(N(Cc2ccccc2C(F)(F)F)C2CCN(C3CCCC3)C2)cc1. The van der Waals surface area contributed by atoms with Gasteiger partial charge in [0.05, 0.1) is 17.2 Å². The molecule has 1 saturated carbocycles. The monoisotopic (exact) mass is 413 g/mol. The van der Waals surface area contributed by atoms with Gasteiger partial charge in [-0.1, -0.05) is 31.0 Å². The van der Waals surface area contributed by atoms with Gasteiger partial charge in [-0.2, -0.15) is 18.4 Å². The molecule has 1 aliphatic carbocycles. The Kier molecular flexibility index (Phi) is 6.01. The van der Waals surface area contributed by atoms with E-state index in [0.717, 1.165) is 31.3 Å². The molecular formula is C24H26F3N3. The highest BCUT2D eigenvalue weighted by atomic mass is 19.4. The van der Waals surface area contributed by atoms with Crippen LogP contribution >= 0.6 is 0 Å². The molecule has 2 aliphatic rings. The number of hydrogen-bond donors (Lipinski definition) is 0. The fourth-order valence-corrected chi connectivity index (χ4v) is 4.90. The Morgan fingerprint density at radius 3 is 2.37 bits per heavy atom. The summed E-state index contributed by atoms with van der Waals surface area (Å²) in [5, 5.41) is 9.10. The van der Waals surface area contributed by atoms with Crippen molar-refractivity contribution < 1.29 is 13.2 Å². The number of alkyl halides is 3. The third-order valence-electron chi connectivity index (χ3n) is 6.47. The summed E-state index contributed by atoms with van der Waals surface area (Å²) < 4.78 is 40.7. The van der Waals surface area contributed by atoms with Crippen molar-refractivity contribution in [1.82, 2.24) is 4.90 Å². The van der Waals surface area contributed by atoms with Crippen LogP contribution in [0.3, 0.4) is 0 Å². The molecule has 30 heavy (non-hydrogen) atoms. The maximum atomic E-state index is 13.6. The summed E-state index contributed by atoms with van der Waals surface area (Å²) in [5.41, 5.74) is 1.13. The molecule has 1 heterocycles. The highest BCUT2D eigenvalue weighted by Crippen LogP contribution is 2.35. The average Bonchev–Trinajstić information content (AvgIpc) is 3.43. The highest BCUT2D eigenvalue weighted by molar-refractivity contribution is 5.52. The number of nitriles is 1. The van der Waals surface area contributed by atoms with E-state index in [9.17, 15) is 13.2 Å². The molecule has 0 aromatic heterocycles. The van der Waals surface area contributed by atoms with E-state index >= 15 is 0 Å². The van der Waals surface area contributed by atoms with E-state index in [2.05, 4.69) is 15.9 Å². The Balaban J connectivity index is 1.62. The molecule has 2 aromatic carbocycles. The minimum atomic E-state index is -4.38. The van der Waals surface area contributed by atoms with Crippen LogP contribution < -0.4 is 4.90 Å². The van der Waals surface area contributed by atoms with Gasteiger partial charge in [0, 0.05) is 37.4 Å². The number of rotatable bonds is 5. The molecule has 1 saturated heterocycles. The molecule has 0 bridgehead atoms. The van der Waals surface area contributed by atoms with Crippen LogP contribution in [0.5, 0.6) is 0 Å². The summed E-state index contributed by atoms with van der Waals surface area (Å²) in [6.07, 6.45) is 1.54. The molecule has 158 valence electrons. The van der Waals surface area contributed by atoms with Crippen LogP contribution in [0, 0.1) is 11.3 Å². The molecule has 1 unspecified atom stereocenters. The van der Waals surface area contributed by atoms with Gasteiger partial charge in [-0.15, -0.1) is 0 Å². The first-order valence-corrected chi connectivity index (χ1v) is 10.6. The zero-order valence-corrected chi connectivity index (χ0v) is 16.9. The molecule has 2 aromatic rings. The number of nitrogens with zero attached hydrogens (tertiary/aromatic N) is 3. The zero-order chi connectivity index (χ0) is 21.1. The highest BCUT2D eigenvalue weighted by Gasteiger charge is 2.36. The van der Waals surface area contributed by atoms with Crippen LogP contribution in [0.1, 0.15) is 48.8 Å². The van der Waals surface area contributed by atoms with E-state index in [-0.39, 0.29) is 18.2 Å². The van der Waals surface area contributed by atoms with Gasteiger partial charge < -0.3 is 4.90 Å². The predicted molar refractivity (Wildman–Crippen MR) is 111 cm³/mol. The topological polar surface area (TPSA) is 30.3 Å². The Bertz CT molecular complexity index is 895. The lowest BCUT2D eigenvalue weighted by molar-refractivity contribution is -0.138. The van der Waals surface area contributed by atoms with E-state index in [1.807, 2.05) is 12.1 Å². The maximum Gasteiger partial charge on any atom is 0.416 e.